The number of para-hydroxylation sites is 1. The van der Waals surface area contributed by atoms with Gasteiger partial charge in [0.25, 0.3) is 0 Å². The van der Waals surface area contributed by atoms with Crippen molar-refractivity contribution in [3.8, 4) is 0 Å². The monoisotopic (exact) mass is 298 g/mol. The Labute approximate surface area is 121 Å². The number of fused-ring (bicyclic) bond motifs is 1. The minimum absolute atomic E-state index is 0.209. The maximum Gasteiger partial charge on any atom is 0.151 e. The minimum Gasteiger partial charge on any atom is -0.325 e. The van der Waals surface area contributed by atoms with E-state index in [2.05, 4.69) is 16.5 Å². The van der Waals surface area contributed by atoms with Gasteiger partial charge in [0.2, 0.25) is 0 Å². The van der Waals surface area contributed by atoms with Gasteiger partial charge in [-0.3, -0.25) is 0 Å². The van der Waals surface area contributed by atoms with Gasteiger partial charge in [-0.25, -0.2) is 9.37 Å². The van der Waals surface area contributed by atoms with Crippen LogP contribution in [0.15, 0.2) is 18.2 Å². The molecular weight excluding hydrogens is 283 g/mol. The Kier molecular flexibility index (Phi) is 3.48. The summed E-state index contributed by atoms with van der Waals surface area (Å²) >= 11 is 7.96. The van der Waals surface area contributed by atoms with Crippen LogP contribution in [0.1, 0.15) is 25.6 Å². The molecule has 0 aliphatic carbocycles. The van der Waals surface area contributed by atoms with Gasteiger partial charge in [-0.1, -0.05) is 6.07 Å². The number of rotatable bonds is 3. The summed E-state index contributed by atoms with van der Waals surface area (Å²) in [5.41, 5.74) is 1.29. The van der Waals surface area contributed by atoms with E-state index >= 15 is 0 Å². The summed E-state index contributed by atoms with van der Waals surface area (Å²) in [4.78, 5) is 4.35. The molecule has 1 fully saturated rings. The van der Waals surface area contributed by atoms with Crippen molar-refractivity contribution in [3.05, 3.63) is 29.8 Å². The van der Waals surface area contributed by atoms with Gasteiger partial charge in [0.15, 0.2) is 5.82 Å². The van der Waals surface area contributed by atoms with Crippen LogP contribution in [0.2, 0.25) is 0 Å². The van der Waals surface area contributed by atoms with E-state index in [0.29, 0.717) is 11.4 Å². The van der Waals surface area contributed by atoms with Crippen molar-refractivity contribution >= 4 is 34.4 Å². The molecule has 0 saturated carbocycles. The van der Waals surface area contributed by atoms with Crippen molar-refractivity contribution in [2.45, 2.75) is 36.9 Å². The predicted molar refractivity (Wildman–Crippen MR) is 79.3 cm³/mol. The van der Waals surface area contributed by atoms with Gasteiger partial charge >= 0.3 is 0 Å². The predicted octanol–water partition coefficient (Wildman–Crippen LogP) is 4.20. The highest BCUT2D eigenvalue weighted by Crippen LogP contribution is 2.40. The molecular formula is C14H16ClFN2S. The van der Waals surface area contributed by atoms with E-state index in [1.165, 1.54) is 24.7 Å². The minimum atomic E-state index is -0.271. The largest absolute Gasteiger partial charge is 0.325 e. The number of hydrogen-bond donors (Lipinski definition) is 0. The van der Waals surface area contributed by atoms with E-state index in [4.69, 9.17) is 11.6 Å². The molecule has 2 nitrogen and oxygen atoms in total. The Morgan fingerprint density at radius 1 is 1.53 bits per heavy atom. The lowest BCUT2D eigenvalue weighted by molar-refractivity contribution is 0.510. The quantitative estimate of drug-likeness (QED) is 0.790. The van der Waals surface area contributed by atoms with E-state index in [1.807, 2.05) is 17.8 Å². The summed E-state index contributed by atoms with van der Waals surface area (Å²) in [7, 11) is 0. The summed E-state index contributed by atoms with van der Waals surface area (Å²) in [5.74, 6) is 2.00. The normalized spacial score (nSPS) is 23.3. The molecule has 0 radical (unpaired) electrons. The van der Waals surface area contributed by atoms with Crippen LogP contribution in [-0.4, -0.2) is 20.1 Å². The molecule has 2 heterocycles. The first-order chi connectivity index (χ1) is 9.13. The van der Waals surface area contributed by atoms with Gasteiger partial charge in [0.05, 0.1) is 11.4 Å². The third-order valence-electron chi connectivity index (χ3n) is 3.72. The van der Waals surface area contributed by atoms with Crippen LogP contribution in [0.3, 0.4) is 0 Å². The second-order valence-corrected chi connectivity index (χ2v) is 7.21. The van der Waals surface area contributed by atoms with E-state index in [9.17, 15) is 4.39 Å². The van der Waals surface area contributed by atoms with Crippen LogP contribution in [0.4, 0.5) is 4.39 Å². The van der Waals surface area contributed by atoms with Crippen molar-refractivity contribution in [3.63, 3.8) is 0 Å². The van der Waals surface area contributed by atoms with E-state index < -0.39 is 0 Å². The van der Waals surface area contributed by atoms with Crippen molar-refractivity contribution < 1.29 is 4.39 Å². The number of imidazole rings is 1. The summed E-state index contributed by atoms with van der Waals surface area (Å²) < 4.78 is 16.1. The molecule has 0 N–H and O–H groups in total. The van der Waals surface area contributed by atoms with Crippen molar-refractivity contribution in [2.75, 3.05) is 5.75 Å². The second-order valence-electron chi connectivity index (χ2n) is 5.26. The lowest BCUT2D eigenvalue weighted by atomic mass is 10.1. The van der Waals surface area contributed by atoms with Crippen LogP contribution in [0.25, 0.3) is 11.0 Å². The fourth-order valence-electron chi connectivity index (χ4n) is 2.74. The summed E-state index contributed by atoms with van der Waals surface area (Å²) in [6.45, 7) is 3.12. The Bertz CT molecular complexity index is 605. The molecule has 102 valence electrons. The molecule has 5 heteroatoms. The number of hydrogen-bond acceptors (Lipinski definition) is 2. The van der Waals surface area contributed by atoms with E-state index in [1.54, 1.807) is 6.07 Å². The first kappa shape index (κ1) is 13.3. The topological polar surface area (TPSA) is 17.8 Å². The van der Waals surface area contributed by atoms with Gasteiger partial charge in [-0.05, 0) is 37.7 Å². The maximum absolute atomic E-state index is 13.8. The molecule has 1 aromatic heterocycles. The first-order valence-corrected chi connectivity index (χ1v) is 7.98. The average Bonchev–Trinajstić information content (AvgIpc) is 2.96. The molecule has 1 atom stereocenters. The van der Waals surface area contributed by atoms with Crippen molar-refractivity contribution in [1.29, 1.82) is 0 Å². The number of halogens is 2. The number of nitrogens with zero attached hydrogens (tertiary/aromatic N) is 2. The Morgan fingerprint density at radius 3 is 3.05 bits per heavy atom. The molecule has 1 saturated heterocycles. The second kappa shape index (κ2) is 4.98. The zero-order valence-corrected chi connectivity index (χ0v) is 12.4. The van der Waals surface area contributed by atoms with Gasteiger partial charge < -0.3 is 4.57 Å². The lowest BCUT2D eigenvalue weighted by Gasteiger charge is -2.24. The fourth-order valence-corrected chi connectivity index (χ4v) is 4.23. The fraction of sp³-hybridized carbons (Fsp3) is 0.500. The molecule has 19 heavy (non-hydrogen) atoms. The molecule has 1 unspecified atom stereocenters. The molecule has 1 aliphatic heterocycles. The Hall–Kier alpha value is -0.740. The molecule has 1 aromatic carbocycles. The summed E-state index contributed by atoms with van der Waals surface area (Å²) in [5, 5.41) is 0. The maximum atomic E-state index is 13.8. The number of aromatic nitrogens is 2. The Balaban J connectivity index is 2.08. The third-order valence-corrected chi connectivity index (χ3v) is 5.48. The highest BCUT2D eigenvalue weighted by Gasteiger charge is 2.31. The van der Waals surface area contributed by atoms with Crippen LogP contribution >= 0.6 is 23.4 Å². The van der Waals surface area contributed by atoms with Gasteiger partial charge in [0.1, 0.15) is 11.3 Å². The average molecular weight is 299 g/mol. The van der Waals surface area contributed by atoms with Crippen molar-refractivity contribution in [1.82, 2.24) is 9.55 Å². The molecule has 0 spiro atoms. The van der Waals surface area contributed by atoms with Crippen LogP contribution in [0, 0.1) is 5.82 Å². The van der Waals surface area contributed by atoms with E-state index in [0.717, 1.165) is 17.9 Å². The lowest BCUT2D eigenvalue weighted by Crippen LogP contribution is -2.24. The first-order valence-electron chi connectivity index (χ1n) is 6.46. The number of thioether (sulfide) groups is 1. The highest BCUT2D eigenvalue weighted by atomic mass is 35.5. The SMILES string of the molecule is CC1(Cn2c(CCl)nc3c(F)cccc32)CCCS1. The van der Waals surface area contributed by atoms with Crippen molar-refractivity contribution in [2.24, 2.45) is 0 Å². The van der Waals surface area contributed by atoms with Gasteiger partial charge in [-0.2, -0.15) is 11.8 Å². The summed E-state index contributed by atoms with van der Waals surface area (Å²) in [6, 6.07) is 5.10. The number of benzene rings is 1. The van der Waals surface area contributed by atoms with Gasteiger partial charge in [-0.15, -0.1) is 11.6 Å². The molecule has 0 bridgehead atoms. The molecule has 2 aromatic rings. The van der Waals surface area contributed by atoms with Crippen LogP contribution < -0.4 is 0 Å². The Morgan fingerprint density at radius 2 is 2.37 bits per heavy atom. The zero-order valence-electron chi connectivity index (χ0n) is 10.8. The standard InChI is InChI=1S/C14H16ClFN2S/c1-14(6-3-7-19-14)9-18-11-5-2-4-10(16)13(11)17-12(18)8-15/h2,4-5H,3,6-9H2,1H3. The van der Waals surface area contributed by atoms with Gasteiger partial charge in [0, 0.05) is 11.3 Å². The number of alkyl halides is 1. The highest BCUT2D eigenvalue weighted by molar-refractivity contribution is 8.00. The van der Waals surface area contributed by atoms with E-state index in [-0.39, 0.29) is 10.6 Å². The molecule has 0 amide bonds. The molecule has 3 rings (SSSR count). The van der Waals surface area contributed by atoms with Crippen LogP contribution in [0.5, 0.6) is 0 Å². The van der Waals surface area contributed by atoms with Crippen LogP contribution in [-0.2, 0) is 12.4 Å². The molecule has 1 aliphatic rings. The third kappa shape index (κ3) is 2.36. The zero-order chi connectivity index (χ0) is 13.5. The smallest absolute Gasteiger partial charge is 0.151 e. The summed E-state index contributed by atoms with van der Waals surface area (Å²) in [6.07, 6.45) is 2.44.